The fraction of sp³-hybridized carbons (Fsp3) is 0.417. The molecule has 0 spiro atoms. The van der Waals surface area contributed by atoms with E-state index in [0.29, 0.717) is 5.56 Å². The zero-order valence-electron chi connectivity index (χ0n) is 10.1. The lowest BCUT2D eigenvalue weighted by Gasteiger charge is -2.24. The van der Waals surface area contributed by atoms with Gasteiger partial charge in [-0.05, 0) is 32.5 Å². The highest BCUT2D eigenvalue weighted by atomic mass is 19.1. The Kier molecular flexibility index (Phi) is 4.07. The average molecular weight is 241 g/mol. The average Bonchev–Trinajstić information content (AvgIpc) is 2.30. The Hall–Kier alpha value is -1.62. The summed E-state index contributed by atoms with van der Waals surface area (Å²) < 4.78 is 18.8. The Morgan fingerprint density at radius 3 is 2.76 bits per heavy atom. The summed E-state index contributed by atoms with van der Waals surface area (Å²) >= 11 is 0. The van der Waals surface area contributed by atoms with Crippen molar-refractivity contribution in [2.45, 2.75) is 19.4 Å². The van der Waals surface area contributed by atoms with Gasteiger partial charge in [0, 0.05) is 0 Å². The van der Waals surface area contributed by atoms with Crippen LogP contribution in [0, 0.1) is 12.7 Å². The molecule has 17 heavy (non-hydrogen) atoms. The molecular weight excluding hydrogens is 225 g/mol. The largest absolute Gasteiger partial charge is 0.488 e. The fourth-order valence-corrected chi connectivity index (χ4v) is 1.19. The predicted octanol–water partition coefficient (Wildman–Crippen LogP) is 1.58. The number of carboxylic acid groups (broad SMARTS) is 1. The summed E-state index contributed by atoms with van der Waals surface area (Å²) in [6, 6.07) is 4.75. The van der Waals surface area contributed by atoms with Gasteiger partial charge in [0.25, 0.3) is 0 Å². The molecule has 0 amide bonds. The first kappa shape index (κ1) is 13.4. The van der Waals surface area contributed by atoms with Crippen molar-refractivity contribution < 1.29 is 19.0 Å². The second kappa shape index (κ2) is 5.14. The maximum atomic E-state index is 13.6. The van der Waals surface area contributed by atoms with Gasteiger partial charge < -0.3 is 15.2 Å². The quantitative estimate of drug-likeness (QED) is 0.821. The monoisotopic (exact) mass is 241 g/mol. The minimum absolute atomic E-state index is 0.0627. The van der Waals surface area contributed by atoms with E-state index >= 15 is 0 Å². The molecular formula is C12H16FNO3. The Bertz CT molecular complexity index is 422. The molecule has 0 heterocycles. The topological polar surface area (TPSA) is 58.6 Å². The Labute approximate surface area is 99.4 Å². The molecule has 0 bridgehead atoms. The SMILES string of the molecule is CNC(C)(COc1cccc(C)c1F)C(=O)O. The van der Waals surface area contributed by atoms with Crippen molar-refractivity contribution in [3.8, 4) is 5.75 Å². The third-order valence-electron chi connectivity index (χ3n) is 2.70. The lowest BCUT2D eigenvalue weighted by molar-refractivity contribution is -0.145. The van der Waals surface area contributed by atoms with Gasteiger partial charge in [-0.1, -0.05) is 12.1 Å². The highest BCUT2D eigenvalue weighted by Gasteiger charge is 2.32. The van der Waals surface area contributed by atoms with Crippen LogP contribution in [0.3, 0.4) is 0 Å². The standard InChI is InChI=1S/C12H16FNO3/c1-8-5-4-6-9(10(8)13)17-7-12(2,14-3)11(15)16/h4-6,14H,7H2,1-3H3,(H,15,16). The molecule has 0 saturated heterocycles. The summed E-state index contributed by atoms with van der Waals surface area (Å²) in [7, 11) is 1.52. The zero-order valence-corrected chi connectivity index (χ0v) is 10.1. The molecule has 0 saturated carbocycles. The minimum atomic E-state index is -1.24. The van der Waals surface area contributed by atoms with Gasteiger partial charge in [0.05, 0.1) is 0 Å². The van der Waals surface area contributed by atoms with E-state index in [1.165, 1.54) is 20.0 Å². The molecule has 0 radical (unpaired) electrons. The number of carboxylic acids is 1. The van der Waals surface area contributed by atoms with Crippen LogP contribution in [-0.4, -0.2) is 30.3 Å². The zero-order chi connectivity index (χ0) is 13.1. The molecule has 4 nitrogen and oxygen atoms in total. The number of halogens is 1. The number of aliphatic carboxylic acids is 1. The van der Waals surface area contributed by atoms with E-state index in [1.54, 1.807) is 19.1 Å². The Morgan fingerprint density at radius 2 is 2.24 bits per heavy atom. The maximum Gasteiger partial charge on any atom is 0.327 e. The van der Waals surface area contributed by atoms with Crippen LogP contribution in [0.2, 0.25) is 0 Å². The second-order valence-corrected chi connectivity index (χ2v) is 4.06. The van der Waals surface area contributed by atoms with Crippen molar-refractivity contribution in [1.82, 2.24) is 5.32 Å². The van der Waals surface area contributed by atoms with E-state index in [-0.39, 0.29) is 12.4 Å². The predicted molar refractivity (Wildman–Crippen MR) is 61.7 cm³/mol. The van der Waals surface area contributed by atoms with E-state index in [4.69, 9.17) is 9.84 Å². The maximum absolute atomic E-state index is 13.6. The van der Waals surface area contributed by atoms with E-state index in [2.05, 4.69) is 5.32 Å². The van der Waals surface area contributed by atoms with Crippen LogP contribution in [0.5, 0.6) is 5.75 Å². The first-order valence-electron chi connectivity index (χ1n) is 5.21. The smallest absolute Gasteiger partial charge is 0.327 e. The number of hydrogen-bond acceptors (Lipinski definition) is 3. The number of carbonyl (C=O) groups is 1. The van der Waals surface area contributed by atoms with Crippen molar-refractivity contribution in [2.24, 2.45) is 0 Å². The number of aryl methyl sites for hydroxylation is 1. The molecule has 0 aliphatic heterocycles. The number of rotatable bonds is 5. The number of benzene rings is 1. The summed E-state index contributed by atoms with van der Waals surface area (Å²) in [4.78, 5) is 11.0. The molecule has 5 heteroatoms. The number of nitrogens with one attached hydrogen (secondary N) is 1. The molecule has 1 aromatic rings. The van der Waals surface area contributed by atoms with Crippen LogP contribution < -0.4 is 10.1 Å². The third-order valence-corrected chi connectivity index (χ3v) is 2.70. The van der Waals surface area contributed by atoms with Crippen LogP contribution in [0.4, 0.5) is 4.39 Å². The van der Waals surface area contributed by atoms with Gasteiger partial charge in [0.1, 0.15) is 12.1 Å². The van der Waals surface area contributed by atoms with Crippen molar-refractivity contribution in [3.63, 3.8) is 0 Å². The lowest BCUT2D eigenvalue weighted by atomic mass is 10.1. The van der Waals surface area contributed by atoms with Crippen LogP contribution in [-0.2, 0) is 4.79 Å². The van der Waals surface area contributed by atoms with Crippen LogP contribution >= 0.6 is 0 Å². The summed E-state index contributed by atoms with van der Waals surface area (Å²) in [5.74, 6) is -1.45. The molecule has 94 valence electrons. The first-order chi connectivity index (χ1) is 7.90. The number of hydrogen-bond donors (Lipinski definition) is 2. The van der Waals surface area contributed by atoms with Gasteiger partial charge in [-0.2, -0.15) is 0 Å². The van der Waals surface area contributed by atoms with E-state index < -0.39 is 17.3 Å². The van der Waals surface area contributed by atoms with Crippen LogP contribution in [0.25, 0.3) is 0 Å². The van der Waals surface area contributed by atoms with Crippen molar-refractivity contribution in [1.29, 1.82) is 0 Å². The second-order valence-electron chi connectivity index (χ2n) is 4.06. The van der Waals surface area contributed by atoms with E-state index in [0.717, 1.165) is 0 Å². The van der Waals surface area contributed by atoms with Gasteiger partial charge in [-0.15, -0.1) is 0 Å². The normalized spacial score (nSPS) is 14.1. The minimum Gasteiger partial charge on any atom is -0.488 e. The summed E-state index contributed by atoms with van der Waals surface area (Å²) in [5, 5.41) is 11.6. The lowest BCUT2D eigenvalue weighted by Crippen LogP contribution is -2.52. The van der Waals surface area contributed by atoms with Gasteiger partial charge >= 0.3 is 5.97 Å². The Morgan fingerprint density at radius 1 is 1.59 bits per heavy atom. The molecule has 0 aliphatic rings. The highest BCUT2D eigenvalue weighted by Crippen LogP contribution is 2.20. The molecule has 1 aromatic carbocycles. The molecule has 1 unspecified atom stereocenters. The molecule has 1 atom stereocenters. The summed E-state index contributed by atoms with van der Waals surface area (Å²) in [6.07, 6.45) is 0. The van der Waals surface area contributed by atoms with E-state index in [9.17, 15) is 9.18 Å². The summed E-state index contributed by atoms with van der Waals surface area (Å²) in [5.41, 5.74) is -0.778. The summed E-state index contributed by atoms with van der Waals surface area (Å²) in [6.45, 7) is 2.94. The molecule has 1 rings (SSSR count). The van der Waals surface area contributed by atoms with Gasteiger partial charge in [-0.25, -0.2) is 4.39 Å². The molecule has 2 N–H and O–H groups in total. The first-order valence-corrected chi connectivity index (χ1v) is 5.21. The van der Waals surface area contributed by atoms with Crippen LogP contribution in [0.1, 0.15) is 12.5 Å². The Balaban J connectivity index is 2.80. The third kappa shape index (κ3) is 2.94. The van der Waals surface area contributed by atoms with Crippen molar-refractivity contribution >= 4 is 5.97 Å². The van der Waals surface area contributed by atoms with Crippen LogP contribution in [0.15, 0.2) is 18.2 Å². The van der Waals surface area contributed by atoms with Gasteiger partial charge in [-0.3, -0.25) is 4.79 Å². The molecule has 0 aliphatic carbocycles. The fourth-order valence-electron chi connectivity index (χ4n) is 1.19. The van der Waals surface area contributed by atoms with Crippen molar-refractivity contribution in [2.75, 3.05) is 13.7 Å². The van der Waals surface area contributed by atoms with Gasteiger partial charge in [0.2, 0.25) is 0 Å². The number of likely N-dealkylation sites (N-methyl/N-ethyl adjacent to an activating group) is 1. The van der Waals surface area contributed by atoms with E-state index in [1.807, 2.05) is 0 Å². The molecule has 0 aromatic heterocycles. The van der Waals surface area contributed by atoms with Crippen molar-refractivity contribution in [3.05, 3.63) is 29.6 Å². The highest BCUT2D eigenvalue weighted by molar-refractivity contribution is 5.78. The molecule has 0 fully saturated rings. The number of ether oxygens (including phenoxy) is 1. The van der Waals surface area contributed by atoms with Gasteiger partial charge in [0.15, 0.2) is 11.6 Å².